The van der Waals surface area contributed by atoms with Gasteiger partial charge in [-0.25, -0.2) is 14.6 Å². The van der Waals surface area contributed by atoms with Gasteiger partial charge in [0.25, 0.3) is 0 Å². The van der Waals surface area contributed by atoms with E-state index in [2.05, 4.69) is 4.98 Å². The number of hydrogen-bond acceptors (Lipinski definition) is 9. The molecule has 2 aromatic carbocycles. The summed E-state index contributed by atoms with van der Waals surface area (Å²) in [5.41, 5.74) is 0.158. The topological polar surface area (TPSA) is 120 Å². The van der Waals surface area contributed by atoms with Crippen molar-refractivity contribution < 1.29 is 38.0 Å². The Labute approximate surface area is 183 Å². The molecule has 0 atom stereocenters. The average Bonchev–Trinajstić information content (AvgIpc) is 2.81. The fraction of sp³-hybridized carbons (Fsp3) is 0.273. The zero-order chi connectivity index (χ0) is 23.3. The number of carbonyl (C=O) groups excluding carboxylic acids is 2. The SMILES string of the molecule is CCOC(=O)c1c(COC(=O)c2cc(OC)cc(OC)c2)nc2ccc(OC)cc2[n+]1[O-]. The number of benzene rings is 2. The predicted molar refractivity (Wildman–Crippen MR) is 112 cm³/mol. The van der Waals surface area contributed by atoms with Crippen molar-refractivity contribution in [2.24, 2.45) is 0 Å². The van der Waals surface area contributed by atoms with Crippen LogP contribution in [0.25, 0.3) is 11.0 Å². The third-order valence-corrected chi connectivity index (χ3v) is 4.53. The lowest BCUT2D eigenvalue weighted by molar-refractivity contribution is -0.581. The maximum Gasteiger partial charge on any atom is 0.407 e. The number of ether oxygens (including phenoxy) is 5. The number of rotatable bonds is 8. The van der Waals surface area contributed by atoms with E-state index >= 15 is 0 Å². The molecule has 0 aliphatic heterocycles. The third kappa shape index (κ3) is 4.64. The lowest BCUT2D eigenvalue weighted by Gasteiger charge is -2.12. The van der Waals surface area contributed by atoms with Gasteiger partial charge in [-0.15, -0.1) is 0 Å². The third-order valence-electron chi connectivity index (χ3n) is 4.53. The van der Waals surface area contributed by atoms with Gasteiger partial charge in [-0.1, -0.05) is 0 Å². The molecule has 3 aromatic rings. The Kier molecular flexibility index (Phi) is 6.93. The molecule has 0 bridgehead atoms. The fourth-order valence-corrected chi connectivity index (χ4v) is 2.97. The van der Waals surface area contributed by atoms with E-state index in [0.717, 1.165) is 0 Å². The molecule has 0 aliphatic carbocycles. The summed E-state index contributed by atoms with van der Waals surface area (Å²) in [6, 6.07) is 9.20. The molecule has 0 spiro atoms. The van der Waals surface area contributed by atoms with Gasteiger partial charge >= 0.3 is 17.6 Å². The van der Waals surface area contributed by atoms with Crippen LogP contribution in [0, 0.1) is 5.21 Å². The number of esters is 2. The molecular formula is C22H22N2O8. The summed E-state index contributed by atoms with van der Waals surface area (Å²) >= 11 is 0. The van der Waals surface area contributed by atoms with Crippen LogP contribution in [-0.4, -0.2) is 44.9 Å². The van der Waals surface area contributed by atoms with Crippen LogP contribution in [-0.2, 0) is 16.1 Å². The number of carbonyl (C=O) groups is 2. The number of hydrogen-bond donors (Lipinski definition) is 0. The Hall–Kier alpha value is -4.08. The number of fused-ring (bicyclic) bond motifs is 1. The monoisotopic (exact) mass is 442 g/mol. The first-order valence-corrected chi connectivity index (χ1v) is 9.59. The van der Waals surface area contributed by atoms with Gasteiger partial charge in [0.1, 0.15) is 29.4 Å². The molecule has 0 amide bonds. The lowest BCUT2D eigenvalue weighted by atomic mass is 10.2. The van der Waals surface area contributed by atoms with Crippen molar-refractivity contribution in [3.63, 3.8) is 0 Å². The molecule has 1 heterocycles. The van der Waals surface area contributed by atoms with E-state index in [9.17, 15) is 14.8 Å². The Bertz CT molecular complexity index is 1140. The molecule has 32 heavy (non-hydrogen) atoms. The Morgan fingerprint density at radius 2 is 1.56 bits per heavy atom. The van der Waals surface area contributed by atoms with Crippen LogP contribution in [0.15, 0.2) is 36.4 Å². The molecule has 10 nitrogen and oxygen atoms in total. The highest BCUT2D eigenvalue weighted by Gasteiger charge is 2.29. The first-order valence-electron chi connectivity index (χ1n) is 9.59. The molecular weight excluding hydrogens is 420 g/mol. The van der Waals surface area contributed by atoms with Crippen LogP contribution in [0.2, 0.25) is 0 Å². The number of nitrogens with zero attached hydrogens (tertiary/aromatic N) is 2. The van der Waals surface area contributed by atoms with E-state index < -0.39 is 18.5 Å². The molecule has 1 aromatic heterocycles. The van der Waals surface area contributed by atoms with Gasteiger partial charge in [0.05, 0.1) is 39.6 Å². The minimum Gasteiger partial charge on any atom is -0.618 e. The molecule has 10 heteroatoms. The lowest BCUT2D eigenvalue weighted by Crippen LogP contribution is -2.39. The summed E-state index contributed by atoms with van der Waals surface area (Å²) in [5.74, 6) is -0.373. The van der Waals surface area contributed by atoms with Crippen molar-refractivity contribution in [3.05, 3.63) is 58.6 Å². The number of aromatic nitrogens is 2. The highest BCUT2D eigenvalue weighted by Crippen LogP contribution is 2.24. The van der Waals surface area contributed by atoms with E-state index in [4.69, 9.17) is 23.7 Å². The Morgan fingerprint density at radius 1 is 0.906 bits per heavy atom. The van der Waals surface area contributed by atoms with Gasteiger partial charge < -0.3 is 28.9 Å². The first-order chi connectivity index (χ1) is 15.4. The molecule has 0 fully saturated rings. The second-order valence-electron chi connectivity index (χ2n) is 6.45. The van der Waals surface area contributed by atoms with Crippen molar-refractivity contribution in [3.8, 4) is 17.2 Å². The van der Waals surface area contributed by atoms with Gasteiger partial charge in [-0.05, 0) is 31.2 Å². The highest BCUT2D eigenvalue weighted by atomic mass is 16.5. The largest absolute Gasteiger partial charge is 0.618 e. The quantitative estimate of drug-likeness (QED) is 0.294. The maximum atomic E-state index is 13.0. The van der Waals surface area contributed by atoms with Crippen molar-refractivity contribution in [1.82, 2.24) is 4.98 Å². The van der Waals surface area contributed by atoms with Crippen LogP contribution >= 0.6 is 0 Å². The molecule has 0 unspecified atom stereocenters. The molecule has 0 saturated carbocycles. The highest BCUT2D eigenvalue weighted by molar-refractivity contribution is 5.91. The van der Waals surface area contributed by atoms with Gasteiger partial charge in [0, 0.05) is 6.07 Å². The summed E-state index contributed by atoms with van der Waals surface area (Å²) in [7, 11) is 4.37. The summed E-state index contributed by atoms with van der Waals surface area (Å²) < 4.78 is 26.2. The zero-order valence-corrected chi connectivity index (χ0v) is 18.0. The maximum absolute atomic E-state index is 13.0. The zero-order valence-electron chi connectivity index (χ0n) is 18.0. The summed E-state index contributed by atoms with van der Waals surface area (Å²) in [6.45, 7) is 1.23. The van der Waals surface area contributed by atoms with E-state index in [1.54, 1.807) is 25.1 Å². The Morgan fingerprint density at radius 3 is 2.16 bits per heavy atom. The first kappa shape index (κ1) is 22.6. The minimum absolute atomic E-state index is 0.0423. The summed E-state index contributed by atoms with van der Waals surface area (Å²) in [4.78, 5) is 29.4. The second-order valence-corrected chi connectivity index (χ2v) is 6.45. The normalized spacial score (nSPS) is 10.5. The molecule has 0 saturated heterocycles. The van der Waals surface area contributed by atoms with Gasteiger partial charge in [-0.3, -0.25) is 0 Å². The van der Waals surface area contributed by atoms with Gasteiger partial charge in [0.2, 0.25) is 5.52 Å². The van der Waals surface area contributed by atoms with Crippen LogP contribution in [0.4, 0.5) is 0 Å². The van der Waals surface area contributed by atoms with Crippen LogP contribution in [0.1, 0.15) is 33.5 Å². The molecule has 0 aliphatic rings. The second kappa shape index (κ2) is 9.82. The minimum atomic E-state index is -0.881. The van der Waals surface area contributed by atoms with Crippen LogP contribution in [0.3, 0.4) is 0 Å². The van der Waals surface area contributed by atoms with Gasteiger partial charge in [-0.2, -0.15) is 4.73 Å². The van der Waals surface area contributed by atoms with Crippen molar-refractivity contribution in [2.75, 3.05) is 27.9 Å². The molecule has 168 valence electrons. The van der Waals surface area contributed by atoms with E-state index in [1.165, 1.54) is 39.5 Å². The van der Waals surface area contributed by atoms with Crippen molar-refractivity contribution in [2.45, 2.75) is 13.5 Å². The average molecular weight is 442 g/mol. The van der Waals surface area contributed by atoms with Gasteiger partial charge in [0.15, 0.2) is 5.69 Å². The van der Waals surface area contributed by atoms with E-state index in [1.807, 2.05) is 0 Å². The summed E-state index contributed by atoms with van der Waals surface area (Å²) in [6.07, 6.45) is 0. The smallest absolute Gasteiger partial charge is 0.407 e. The standard InChI is InChI=1S/C22H22N2O8/c1-5-31-22(26)20-18(23-17-7-6-14(28-2)11-19(17)24(20)27)12-32-21(25)13-8-15(29-3)10-16(9-13)30-4/h6-11H,5,12H2,1-4H3. The molecule has 0 radical (unpaired) electrons. The van der Waals surface area contributed by atoms with Crippen molar-refractivity contribution in [1.29, 1.82) is 0 Å². The summed E-state index contributed by atoms with van der Waals surface area (Å²) in [5, 5.41) is 13.0. The number of methoxy groups -OCH3 is 3. The molecule has 3 rings (SSSR count). The Balaban J connectivity index is 1.98. The predicted octanol–water partition coefficient (Wildman–Crippen LogP) is 2.43. The fourth-order valence-electron chi connectivity index (χ4n) is 2.97. The van der Waals surface area contributed by atoms with E-state index in [-0.39, 0.29) is 29.1 Å². The molecule has 0 N–H and O–H groups in total. The van der Waals surface area contributed by atoms with E-state index in [0.29, 0.717) is 27.5 Å². The van der Waals surface area contributed by atoms with Crippen LogP contribution in [0.5, 0.6) is 17.2 Å². The van der Waals surface area contributed by atoms with Crippen LogP contribution < -0.4 is 18.9 Å². The van der Waals surface area contributed by atoms with Crippen molar-refractivity contribution >= 4 is 23.0 Å².